The van der Waals surface area contributed by atoms with E-state index in [-0.39, 0.29) is 28.9 Å². The van der Waals surface area contributed by atoms with Gasteiger partial charge in [0.25, 0.3) is 5.91 Å². The summed E-state index contributed by atoms with van der Waals surface area (Å²) in [5, 5.41) is 4.49. The number of carbonyl (C=O) groups excluding carboxylic acids is 1. The molecule has 5 nitrogen and oxygen atoms in total. The van der Waals surface area contributed by atoms with Gasteiger partial charge in [-0.3, -0.25) is 20.2 Å². The monoisotopic (exact) mass is 554 g/mol. The van der Waals surface area contributed by atoms with Crippen LogP contribution in [0.5, 0.6) is 0 Å². The molecule has 1 saturated carbocycles. The Morgan fingerprint density at radius 3 is 2.58 bits per heavy atom. The molecule has 0 spiro atoms. The molecule has 1 amide bonds. The van der Waals surface area contributed by atoms with Crippen molar-refractivity contribution in [3.05, 3.63) is 112 Å². The highest BCUT2D eigenvalue weighted by molar-refractivity contribution is 6.11. The highest BCUT2D eigenvalue weighted by Gasteiger charge is 2.33. The minimum absolute atomic E-state index is 0.0240. The molecule has 0 aromatic heterocycles. The number of hydrogen-bond acceptors (Lipinski definition) is 4. The van der Waals surface area contributed by atoms with Crippen molar-refractivity contribution in [2.24, 2.45) is 4.99 Å². The summed E-state index contributed by atoms with van der Waals surface area (Å²) in [6.45, 7) is 5.26. The fourth-order valence-corrected chi connectivity index (χ4v) is 4.53. The number of benzene rings is 2. The van der Waals surface area contributed by atoms with Gasteiger partial charge in [-0.2, -0.15) is 13.2 Å². The quantitative estimate of drug-likeness (QED) is 0.378. The largest absolute Gasteiger partial charge is 0.390 e. The van der Waals surface area contributed by atoms with Gasteiger partial charge in [0.2, 0.25) is 0 Å². The van der Waals surface area contributed by atoms with Crippen molar-refractivity contribution in [3.8, 4) is 0 Å². The third kappa shape index (κ3) is 6.16. The maximum absolute atomic E-state index is 15.7. The zero-order valence-electron chi connectivity index (χ0n) is 21.7. The van der Waals surface area contributed by atoms with E-state index in [0.717, 1.165) is 18.9 Å². The summed E-state index contributed by atoms with van der Waals surface area (Å²) in [6, 6.07) is 10.5. The molecule has 5 rings (SSSR count). The van der Waals surface area contributed by atoms with E-state index in [1.807, 2.05) is 6.07 Å². The summed E-state index contributed by atoms with van der Waals surface area (Å²) in [5.41, 5.74) is 6.52. The van der Waals surface area contributed by atoms with Gasteiger partial charge in [0.05, 0.1) is 29.2 Å². The van der Waals surface area contributed by atoms with E-state index in [9.17, 15) is 22.4 Å². The second kappa shape index (κ2) is 10.7. The smallest absolute Gasteiger partial charge is 0.349 e. The van der Waals surface area contributed by atoms with Crippen molar-refractivity contribution in [2.75, 3.05) is 6.54 Å². The van der Waals surface area contributed by atoms with Crippen LogP contribution in [-0.2, 0) is 0 Å². The molecule has 1 atom stereocenters. The summed E-state index contributed by atoms with van der Waals surface area (Å²) in [5.74, 6) is -0.780. The van der Waals surface area contributed by atoms with E-state index in [1.165, 1.54) is 29.3 Å². The Labute approximate surface area is 228 Å². The van der Waals surface area contributed by atoms with Gasteiger partial charge in [-0.15, -0.1) is 0 Å². The molecule has 208 valence electrons. The number of allylic oxidation sites excluding steroid dienone is 5. The molecule has 2 aromatic carbocycles. The fraction of sp³-hybridized carbons (Fsp3) is 0.267. The molecular weight excluding hydrogens is 527 g/mol. The van der Waals surface area contributed by atoms with E-state index in [0.29, 0.717) is 33.7 Å². The first-order valence-corrected chi connectivity index (χ1v) is 12.8. The number of hydrogen-bond donors (Lipinski definition) is 2. The molecule has 10 heteroatoms. The molecule has 1 fully saturated rings. The van der Waals surface area contributed by atoms with Crippen molar-refractivity contribution in [3.63, 3.8) is 0 Å². The van der Waals surface area contributed by atoms with E-state index >= 15 is 4.39 Å². The lowest BCUT2D eigenvalue weighted by molar-refractivity contribution is -0.132. The second-order valence-corrected chi connectivity index (χ2v) is 10.0. The molecule has 1 aliphatic carbocycles. The molecule has 1 unspecified atom stereocenters. The van der Waals surface area contributed by atoms with Crippen LogP contribution in [0.1, 0.15) is 52.5 Å². The fourth-order valence-electron chi connectivity index (χ4n) is 4.53. The van der Waals surface area contributed by atoms with Gasteiger partial charge in [0.15, 0.2) is 6.17 Å². The van der Waals surface area contributed by atoms with Crippen LogP contribution >= 0.6 is 0 Å². The van der Waals surface area contributed by atoms with Gasteiger partial charge < -0.3 is 5.32 Å². The van der Waals surface area contributed by atoms with Gasteiger partial charge in [0.1, 0.15) is 5.82 Å². The molecular formula is C30H27F5N4O. The zero-order valence-corrected chi connectivity index (χ0v) is 21.7. The zero-order chi connectivity index (χ0) is 28.6. The van der Waals surface area contributed by atoms with Crippen LogP contribution < -0.4 is 10.7 Å². The Balaban J connectivity index is 1.51. The number of fused-ring (bicyclic) bond motifs is 1. The Morgan fingerprint density at radius 2 is 1.90 bits per heavy atom. The first-order chi connectivity index (χ1) is 19.0. The summed E-state index contributed by atoms with van der Waals surface area (Å²) >= 11 is 0. The second-order valence-electron chi connectivity index (χ2n) is 10.0. The van der Waals surface area contributed by atoms with Crippen molar-refractivity contribution >= 4 is 17.3 Å². The number of aliphatic imine (C=N–C) groups is 1. The van der Waals surface area contributed by atoms with E-state index in [4.69, 9.17) is 0 Å². The number of nitrogens with zero attached hydrogens (tertiary/aromatic N) is 2. The van der Waals surface area contributed by atoms with Crippen LogP contribution in [0.4, 0.5) is 22.0 Å². The van der Waals surface area contributed by atoms with Crippen molar-refractivity contribution in [1.29, 1.82) is 0 Å². The molecule has 2 heterocycles. The molecule has 0 saturated heterocycles. The minimum atomic E-state index is -4.41. The van der Waals surface area contributed by atoms with Crippen LogP contribution in [0, 0.1) is 12.7 Å². The molecule has 0 bridgehead atoms. The minimum Gasteiger partial charge on any atom is -0.349 e. The first kappa shape index (κ1) is 27.4. The van der Waals surface area contributed by atoms with Crippen molar-refractivity contribution < 1.29 is 26.7 Å². The number of alkyl halides is 4. The van der Waals surface area contributed by atoms with E-state index in [2.05, 4.69) is 22.3 Å². The Bertz CT molecular complexity index is 1480. The number of rotatable bonds is 7. The van der Waals surface area contributed by atoms with Crippen molar-refractivity contribution in [2.45, 2.75) is 44.6 Å². The Hall–Kier alpha value is -4.21. The molecule has 2 N–H and O–H groups in total. The van der Waals surface area contributed by atoms with Gasteiger partial charge >= 0.3 is 6.18 Å². The predicted molar refractivity (Wildman–Crippen MR) is 143 cm³/mol. The van der Waals surface area contributed by atoms with Gasteiger partial charge in [0, 0.05) is 23.7 Å². The number of aryl methyl sites for hydroxylation is 1. The van der Waals surface area contributed by atoms with Crippen LogP contribution in [0.25, 0.3) is 5.70 Å². The summed E-state index contributed by atoms with van der Waals surface area (Å²) in [4.78, 5) is 16.8. The Morgan fingerprint density at radius 1 is 1.15 bits per heavy atom. The van der Waals surface area contributed by atoms with E-state index < -0.39 is 31.1 Å². The molecule has 40 heavy (non-hydrogen) atoms. The molecule has 0 radical (unpaired) electrons. The lowest BCUT2D eigenvalue weighted by atomic mass is 9.96. The average Bonchev–Trinajstić information content (AvgIpc) is 3.71. The SMILES string of the molecule is C=C1C=C2C(=NCCC(F)(F)F)C=C(C(F)c3cccc(F)c3)NN2C(c2ccc(C(=O)NC3CC3)c(C)c2)=C1. The predicted octanol–water partition coefficient (Wildman–Crippen LogP) is 6.63. The standard InChI is InChI=1S/C30H27F5N4O/c1-17-12-26(19-6-9-23(18(2)14-19)29(40)37-22-7-8-22)39-27(13-17)24(36-11-10-30(33,34)35)16-25(38-39)28(32)20-4-3-5-21(31)15-20/h3-6,9,12-16,22,28,38H,1,7-8,10-11H2,2H3,(H,37,40). The van der Waals surface area contributed by atoms with Crippen LogP contribution in [0.15, 0.2) is 89.2 Å². The topological polar surface area (TPSA) is 56.7 Å². The number of hydrazine groups is 1. The number of amides is 1. The average molecular weight is 555 g/mol. The Kier molecular flexibility index (Phi) is 7.35. The molecule has 3 aliphatic rings. The third-order valence-electron chi connectivity index (χ3n) is 6.69. The lowest BCUT2D eigenvalue weighted by Gasteiger charge is -2.38. The van der Waals surface area contributed by atoms with Gasteiger partial charge in [-0.1, -0.05) is 24.8 Å². The van der Waals surface area contributed by atoms with Crippen LogP contribution in [0.3, 0.4) is 0 Å². The van der Waals surface area contributed by atoms with Crippen LogP contribution in [-0.4, -0.2) is 35.4 Å². The summed E-state index contributed by atoms with van der Waals surface area (Å²) < 4.78 is 68.2. The van der Waals surface area contributed by atoms with Crippen LogP contribution in [0.2, 0.25) is 0 Å². The third-order valence-corrected chi connectivity index (χ3v) is 6.69. The lowest BCUT2D eigenvalue weighted by Crippen LogP contribution is -2.43. The number of carbonyl (C=O) groups is 1. The first-order valence-electron chi connectivity index (χ1n) is 12.8. The summed E-state index contributed by atoms with van der Waals surface area (Å²) in [7, 11) is 0. The molecule has 2 aliphatic heterocycles. The summed E-state index contributed by atoms with van der Waals surface area (Å²) in [6.07, 6.45) is -0.738. The maximum atomic E-state index is 15.7. The number of halogens is 5. The maximum Gasteiger partial charge on any atom is 0.390 e. The van der Waals surface area contributed by atoms with E-state index in [1.54, 1.807) is 31.2 Å². The van der Waals surface area contributed by atoms with Gasteiger partial charge in [-0.05, 0) is 79.0 Å². The normalized spacial score (nSPS) is 18.9. The van der Waals surface area contributed by atoms with Gasteiger partial charge in [-0.25, -0.2) is 8.78 Å². The highest BCUT2D eigenvalue weighted by atomic mass is 19.4. The number of nitrogens with one attached hydrogen (secondary N) is 2. The highest BCUT2D eigenvalue weighted by Crippen LogP contribution is 2.36. The molecule has 2 aromatic rings. The van der Waals surface area contributed by atoms with Crippen molar-refractivity contribution in [1.82, 2.24) is 15.8 Å².